The van der Waals surface area contributed by atoms with Gasteiger partial charge in [0.1, 0.15) is 12.1 Å². The first-order valence-corrected chi connectivity index (χ1v) is 7.31. The second kappa shape index (κ2) is 4.93. The van der Waals surface area contributed by atoms with Crippen molar-refractivity contribution in [1.29, 1.82) is 0 Å². The van der Waals surface area contributed by atoms with Crippen LogP contribution in [0.25, 0.3) is 10.9 Å². The average Bonchev–Trinajstić information content (AvgIpc) is 2.42. The number of rotatable bonds is 2. The van der Waals surface area contributed by atoms with Gasteiger partial charge in [-0.1, -0.05) is 19.9 Å². The number of benzene rings is 1. The zero-order chi connectivity index (χ0) is 14.2. The summed E-state index contributed by atoms with van der Waals surface area (Å²) in [5.74, 6) is 0.909. The summed E-state index contributed by atoms with van der Waals surface area (Å²) < 4.78 is 0. The van der Waals surface area contributed by atoms with Gasteiger partial charge < -0.3 is 11.1 Å². The van der Waals surface area contributed by atoms with E-state index >= 15 is 0 Å². The Bertz CT molecular complexity index is 611. The number of hydrogen-bond acceptors (Lipinski definition) is 4. The number of nitrogens with zero attached hydrogens (tertiary/aromatic N) is 2. The summed E-state index contributed by atoms with van der Waals surface area (Å²) in [6, 6.07) is 6.36. The highest BCUT2D eigenvalue weighted by atomic mass is 15.0. The molecule has 106 valence electrons. The number of aromatic nitrogens is 2. The third-order valence-corrected chi connectivity index (χ3v) is 4.38. The first-order valence-electron chi connectivity index (χ1n) is 7.31. The summed E-state index contributed by atoms with van der Waals surface area (Å²) in [5, 5.41) is 4.59. The van der Waals surface area contributed by atoms with E-state index in [1.54, 1.807) is 6.33 Å². The van der Waals surface area contributed by atoms with Gasteiger partial charge in [-0.2, -0.15) is 0 Å². The van der Waals surface area contributed by atoms with Crippen molar-refractivity contribution in [2.24, 2.45) is 5.41 Å². The molecule has 0 aliphatic heterocycles. The molecule has 1 aliphatic rings. The lowest BCUT2D eigenvalue weighted by Crippen LogP contribution is -2.30. The van der Waals surface area contributed by atoms with Gasteiger partial charge in [0.2, 0.25) is 0 Å². The van der Waals surface area contributed by atoms with Crippen molar-refractivity contribution in [3.8, 4) is 0 Å². The number of hydrogen-bond donors (Lipinski definition) is 2. The minimum Gasteiger partial charge on any atom is -0.397 e. The summed E-state index contributed by atoms with van der Waals surface area (Å²) in [5.41, 5.74) is 8.00. The predicted octanol–water partition coefficient (Wildman–Crippen LogP) is 3.59. The van der Waals surface area contributed by atoms with Gasteiger partial charge in [-0.25, -0.2) is 9.97 Å². The number of para-hydroxylation sites is 1. The lowest BCUT2D eigenvalue weighted by atomic mass is 9.75. The zero-order valence-electron chi connectivity index (χ0n) is 12.2. The molecule has 3 rings (SSSR count). The van der Waals surface area contributed by atoms with Crippen molar-refractivity contribution in [1.82, 2.24) is 9.97 Å². The van der Waals surface area contributed by atoms with E-state index in [9.17, 15) is 0 Å². The third-order valence-electron chi connectivity index (χ3n) is 4.38. The Balaban J connectivity index is 1.83. The van der Waals surface area contributed by atoms with E-state index in [1.165, 1.54) is 25.7 Å². The minimum absolute atomic E-state index is 0.482. The van der Waals surface area contributed by atoms with Crippen molar-refractivity contribution < 1.29 is 0 Å². The molecule has 1 aliphatic carbocycles. The second-order valence-electron chi connectivity index (χ2n) is 6.55. The number of nitrogens with two attached hydrogens (primary N) is 1. The second-order valence-corrected chi connectivity index (χ2v) is 6.55. The molecule has 0 saturated heterocycles. The van der Waals surface area contributed by atoms with E-state index in [-0.39, 0.29) is 0 Å². The molecule has 0 unspecified atom stereocenters. The number of nitrogen functional groups attached to an aromatic ring is 1. The Morgan fingerprint density at radius 3 is 2.70 bits per heavy atom. The SMILES string of the molecule is CC1(C)CCC(Nc2ncnc3c(N)cccc23)CC1. The van der Waals surface area contributed by atoms with Gasteiger partial charge in [0, 0.05) is 11.4 Å². The molecule has 0 atom stereocenters. The van der Waals surface area contributed by atoms with Crippen LogP contribution < -0.4 is 11.1 Å². The van der Waals surface area contributed by atoms with Gasteiger partial charge >= 0.3 is 0 Å². The van der Waals surface area contributed by atoms with Gasteiger partial charge in [-0.3, -0.25) is 0 Å². The van der Waals surface area contributed by atoms with Crippen LogP contribution in [0.2, 0.25) is 0 Å². The van der Waals surface area contributed by atoms with Crippen LogP contribution in [-0.2, 0) is 0 Å². The van der Waals surface area contributed by atoms with E-state index in [0.29, 0.717) is 17.1 Å². The maximum Gasteiger partial charge on any atom is 0.137 e. The Hall–Kier alpha value is -1.84. The van der Waals surface area contributed by atoms with Crippen molar-refractivity contribution in [3.63, 3.8) is 0 Å². The van der Waals surface area contributed by atoms with Crippen molar-refractivity contribution in [3.05, 3.63) is 24.5 Å². The summed E-state index contributed by atoms with van der Waals surface area (Å²) in [6.45, 7) is 4.70. The van der Waals surface area contributed by atoms with Crippen LogP contribution in [0.1, 0.15) is 39.5 Å². The van der Waals surface area contributed by atoms with E-state index < -0.39 is 0 Å². The molecule has 3 N–H and O–H groups in total. The Morgan fingerprint density at radius 2 is 1.95 bits per heavy atom. The minimum atomic E-state index is 0.482. The highest BCUT2D eigenvalue weighted by molar-refractivity contribution is 5.96. The molecule has 1 fully saturated rings. The molecule has 1 saturated carbocycles. The molecular weight excluding hydrogens is 248 g/mol. The van der Waals surface area contributed by atoms with Crippen LogP contribution in [0.3, 0.4) is 0 Å². The third kappa shape index (κ3) is 2.55. The lowest BCUT2D eigenvalue weighted by molar-refractivity contribution is 0.232. The summed E-state index contributed by atoms with van der Waals surface area (Å²) in [7, 11) is 0. The van der Waals surface area contributed by atoms with Gasteiger partial charge in [0.15, 0.2) is 0 Å². The fourth-order valence-corrected chi connectivity index (χ4v) is 2.96. The molecule has 4 nitrogen and oxygen atoms in total. The van der Waals surface area contributed by atoms with Gasteiger partial charge in [0.05, 0.1) is 11.2 Å². The van der Waals surface area contributed by atoms with Crippen LogP contribution in [0.4, 0.5) is 11.5 Å². The molecule has 0 radical (unpaired) electrons. The van der Waals surface area contributed by atoms with E-state index in [4.69, 9.17) is 5.73 Å². The summed E-state index contributed by atoms with van der Waals surface area (Å²) in [6.07, 6.45) is 6.50. The molecular formula is C16H22N4. The van der Waals surface area contributed by atoms with Crippen LogP contribution in [0.15, 0.2) is 24.5 Å². The first-order chi connectivity index (χ1) is 9.55. The fraction of sp³-hybridized carbons (Fsp3) is 0.500. The molecule has 1 aromatic carbocycles. The quantitative estimate of drug-likeness (QED) is 0.818. The van der Waals surface area contributed by atoms with Crippen LogP contribution in [-0.4, -0.2) is 16.0 Å². The summed E-state index contributed by atoms with van der Waals surface area (Å²) in [4.78, 5) is 8.68. The maximum absolute atomic E-state index is 5.98. The number of nitrogens with one attached hydrogen (secondary N) is 1. The van der Waals surface area contributed by atoms with Crippen molar-refractivity contribution in [2.75, 3.05) is 11.1 Å². The average molecular weight is 270 g/mol. The molecule has 20 heavy (non-hydrogen) atoms. The molecule has 1 aromatic heterocycles. The standard InChI is InChI=1S/C16H22N4/c1-16(2)8-6-11(7-9-16)20-15-12-4-3-5-13(17)14(12)18-10-19-15/h3-5,10-11H,6-9,17H2,1-2H3,(H,18,19,20). The molecule has 0 spiro atoms. The Morgan fingerprint density at radius 1 is 1.20 bits per heavy atom. The number of fused-ring (bicyclic) bond motifs is 1. The van der Waals surface area contributed by atoms with E-state index in [0.717, 1.165) is 16.7 Å². The van der Waals surface area contributed by atoms with Crippen molar-refractivity contribution in [2.45, 2.75) is 45.6 Å². The first kappa shape index (κ1) is 13.2. The van der Waals surface area contributed by atoms with Gasteiger partial charge in [-0.15, -0.1) is 0 Å². The van der Waals surface area contributed by atoms with Crippen LogP contribution >= 0.6 is 0 Å². The van der Waals surface area contributed by atoms with Gasteiger partial charge in [-0.05, 0) is 43.2 Å². The van der Waals surface area contributed by atoms with Gasteiger partial charge in [0.25, 0.3) is 0 Å². The van der Waals surface area contributed by atoms with E-state index in [1.807, 2.05) is 18.2 Å². The number of anilines is 2. The lowest BCUT2D eigenvalue weighted by Gasteiger charge is -2.34. The highest BCUT2D eigenvalue weighted by Gasteiger charge is 2.27. The normalized spacial score (nSPS) is 19.1. The topological polar surface area (TPSA) is 63.8 Å². The summed E-state index contributed by atoms with van der Waals surface area (Å²) >= 11 is 0. The van der Waals surface area contributed by atoms with Crippen LogP contribution in [0, 0.1) is 5.41 Å². The molecule has 0 amide bonds. The Kier molecular flexibility index (Phi) is 3.24. The van der Waals surface area contributed by atoms with Crippen LogP contribution in [0.5, 0.6) is 0 Å². The maximum atomic E-state index is 5.98. The monoisotopic (exact) mass is 270 g/mol. The fourth-order valence-electron chi connectivity index (χ4n) is 2.96. The molecule has 2 aromatic rings. The predicted molar refractivity (Wildman–Crippen MR) is 83.6 cm³/mol. The smallest absolute Gasteiger partial charge is 0.137 e. The van der Waals surface area contributed by atoms with Crippen molar-refractivity contribution >= 4 is 22.4 Å². The molecule has 0 bridgehead atoms. The Labute approximate surface area is 119 Å². The highest BCUT2D eigenvalue weighted by Crippen LogP contribution is 2.36. The molecule has 4 heteroatoms. The molecule has 1 heterocycles. The van der Waals surface area contributed by atoms with E-state index in [2.05, 4.69) is 29.1 Å². The largest absolute Gasteiger partial charge is 0.397 e. The zero-order valence-corrected chi connectivity index (χ0v) is 12.2.